The minimum absolute atomic E-state index is 0.0257. The van der Waals surface area contributed by atoms with Crippen molar-refractivity contribution in [3.63, 3.8) is 0 Å². The molecule has 0 radical (unpaired) electrons. The highest BCUT2D eigenvalue weighted by Crippen LogP contribution is 2.24. The zero-order valence-corrected chi connectivity index (χ0v) is 26.3. The van der Waals surface area contributed by atoms with Crippen molar-refractivity contribution in [3.05, 3.63) is 119 Å². The third-order valence-corrected chi connectivity index (χ3v) is 8.69. The topological polar surface area (TPSA) is 87.7 Å². The van der Waals surface area contributed by atoms with E-state index in [1.165, 1.54) is 5.56 Å². The van der Waals surface area contributed by atoms with Crippen LogP contribution in [-0.2, 0) is 20.9 Å². The summed E-state index contributed by atoms with van der Waals surface area (Å²) in [6.07, 6.45) is 1.99. The minimum Gasteiger partial charge on any atom is -0.461 e. The van der Waals surface area contributed by atoms with Gasteiger partial charge in [0.15, 0.2) is 0 Å². The summed E-state index contributed by atoms with van der Waals surface area (Å²) in [6.45, 7) is 3.84. The molecule has 2 amide bonds. The molecule has 7 nitrogen and oxygen atoms in total. The van der Waals surface area contributed by atoms with E-state index in [9.17, 15) is 14.4 Å². The van der Waals surface area contributed by atoms with E-state index < -0.39 is 6.04 Å². The molecule has 1 fully saturated rings. The lowest BCUT2D eigenvalue weighted by molar-refractivity contribution is -0.145. The van der Waals surface area contributed by atoms with Crippen molar-refractivity contribution in [2.45, 2.75) is 57.2 Å². The molecule has 2 N–H and O–H groups in total. The molecule has 0 saturated carbocycles. The number of amides is 2. The van der Waals surface area contributed by atoms with E-state index in [0.717, 1.165) is 22.8 Å². The predicted molar refractivity (Wildman–Crippen MR) is 178 cm³/mol. The van der Waals surface area contributed by atoms with Crippen LogP contribution in [-0.4, -0.2) is 54.4 Å². The first-order valence-corrected chi connectivity index (χ1v) is 16.0. The molecule has 4 aromatic carbocycles. The van der Waals surface area contributed by atoms with E-state index in [1.807, 2.05) is 83.8 Å². The van der Waals surface area contributed by atoms with Gasteiger partial charge in [-0.2, -0.15) is 0 Å². The highest BCUT2D eigenvalue weighted by Gasteiger charge is 2.32. The molecule has 1 aliphatic rings. The van der Waals surface area contributed by atoms with Crippen molar-refractivity contribution in [1.29, 1.82) is 0 Å². The summed E-state index contributed by atoms with van der Waals surface area (Å²) in [5.41, 5.74) is 2.67. The third-order valence-electron chi connectivity index (χ3n) is 8.45. The number of esters is 1. The fourth-order valence-corrected chi connectivity index (χ4v) is 6.02. The Morgan fingerprint density at radius 1 is 0.978 bits per heavy atom. The Balaban J connectivity index is 1.24. The van der Waals surface area contributed by atoms with Crippen molar-refractivity contribution in [2.24, 2.45) is 0 Å². The summed E-state index contributed by atoms with van der Waals surface area (Å²) in [4.78, 5) is 41.6. The highest BCUT2D eigenvalue weighted by molar-refractivity contribution is 6.31. The molecule has 1 saturated heterocycles. The molecule has 1 heterocycles. The van der Waals surface area contributed by atoms with Crippen molar-refractivity contribution < 1.29 is 19.1 Å². The van der Waals surface area contributed by atoms with Gasteiger partial charge in [-0.25, -0.2) is 0 Å². The van der Waals surface area contributed by atoms with E-state index in [-0.39, 0.29) is 42.8 Å². The van der Waals surface area contributed by atoms with Crippen LogP contribution >= 0.6 is 11.6 Å². The maximum atomic E-state index is 13.9. The number of hydrogen-bond donors (Lipinski definition) is 2. The number of nitrogens with zero attached hydrogens (tertiary/aromatic N) is 1. The Hall–Kier alpha value is -4.20. The summed E-state index contributed by atoms with van der Waals surface area (Å²) in [6, 6.07) is 30.2. The van der Waals surface area contributed by atoms with Gasteiger partial charge in [-0.05, 0) is 65.4 Å². The van der Waals surface area contributed by atoms with Crippen LogP contribution in [0.5, 0.6) is 0 Å². The van der Waals surface area contributed by atoms with Gasteiger partial charge in [0.2, 0.25) is 5.91 Å². The fourth-order valence-electron chi connectivity index (χ4n) is 5.84. The molecule has 3 atom stereocenters. The van der Waals surface area contributed by atoms with Gasteiger partial charge in [-0.15, -0.1) is 0 Å². The number of ether oxygens (including phenoxy) is 1. The van der Waals surface area contributed by atoms with Crippen LogP contribution in [0.15, 0.2) is 97.1 Å². The zero-order valence-electron chi connectivity index (χ0n) is 25.6. The van der Waals surface area contributed by atoms with E-state index in [4.69, 9.17) is 16.3 Å². The van der Waals surface area contributed by atoms with Crippen molar-refractivity contribution in [3.8, 4) is 0 Å². The molecule has 0 bridgehead atoms. The second kappa shape index (κ2) is 15.7. The molecular weight excluding hydrogens is 586 g/mol. The van der Waals surface area contributed by atoms with Gasteiger partial charge in [0.05, 0.1) is 6.04 Å². The maximum Gasteiger partial charge on any atom is 0.306 e. The number of nitrogens with one attached hydrogen (secondary N) is 2. The van der Waals surface area contributed by atoms with Gasteiger partial charge in [-0.3, -0.25) is 14.4 Å². The number of halogens is 1. The van der Waals surface area contributed by atoms with E-state index in [2.05, 4.69) is 29.7 Å². The lowest BCUT2D eigenvalue weighted by Crippen LogP contribution is -2.49. The molecule has 5 rings (SSSR count). The lowest BCUT2D eigenvalue weighted by atomic mass is 9.95. The first kappa shape index (κ1) is 32.2. The van der Waals surface area contributed by atoms with Gasteiger partial charge < -0.3 is 20.3 Å². The standard InChI is InChI=1S/C37H40ClN3O4/c1-2-27(28-11-7-4-8-12-28)24-41-20-19-33(23-39-36(43)31-14-13-30-22-32(38)16-15-29(30)21-31)40-34(37(41)44)17-18-35(42)45-25-26-9-5-3-6-10-26/h3-16,21-22,27,33-34,40H,2,17-20,23-25H2,1H3,(H,39,43)/t27-,33+,34+/m1/s1. The normalized spacial score (nSPS) is 17.5. The Kier molecular flexibility index (Phi) is 11.2. The molecule has 45 heavy (non-hydrogen) atoms. The first-order chi connectivity index (χ1) is 21.9. The summed E-state index contributed by atoms with van der Waals surface area (Å²) in [5.74, 6) is -0.354. The molecule has 0 aliphatic carbocycles. The van der Waals surface area contributed by atoms with Crippen LogP contribution < -0.4 is 10.6 Å². The fraction of sp³-hybridized carbons (Fsp3) is 0.324. The molecule has 0 unspecified atom stereocenters. The van der Waals surface area contributed by atoms with E-state index in [0.29, 0.717) is 43.1 Å². The quantitative estimate of drug-likeness (QED) is 0.176. The van der Waals surface area contributed by atoms with Gasteiger partial charge in [0.1, 0.15) is 6.61 Å². The Morgan fingerprint density at radius 3 is 2.44 bits per heavy atom. The van der Waals surface area contributed by atoms with Crippen LogP contribution in [0.4, 0.5) is 0 Å². The molecule has 0 spiro atoms. The number of benzene rings is 4. The molecule has 234 valence electrons. The van der Waals surface area contributed by atoms with Crippen LogP contribution in [0.2, 0.25) is 5.02 Å². The van der Waals surface area contributed by atoms with Crippen molar-refractivity contribution in [1.82, 2.24) is 15.5 Å². The molecule has 4 aromatic rings. The van der Waals surface area contributed by atoms with Gasteiger partial charge >= 0.3 is 5.97 Å². The number of hydrogen-bond acceptors (Lipinski definition) is 5. The van der Waals surface area contributed by atoms with Crippen LogP contribution in [0.3, 0.4) is 0 Å². The molecule has 0 aromatic heterocycles. The van der Waals surface area contributed by atoms with Crippen LogP contribution in [0, 0.1) is 0 Å². The van der Waals surface area contributed by atoms with Gasteiger partial charge in [0, 0.05) is 48.6 Å². The van der Waals surface area contributed by atoms with Gasteiger partial charge in [-0.1, -0.05) is 91.3 Å². The summed E-state index contributed by atoms with van der Waals surface area (Å²) in [7, 11) is 0. The monoisotopic (exact) mass is 625 g/mol. The second-order valence-electron chi connectivity index (χ2n) is 11.6. The Labute approximate surface area is 269 Å². The Morgan fingerprint density at radius 2 is 1.69 bits per heavy atom. The number of rotatable bonds is 12. The molecular formula is C37H40ClN3O4. The van der Waals surface area contributed by atoms with Crippen LogP contribution in [0.25, 0.3) is 10.8 Å². The molecule has 8 heteroatoms. The van der Waals surface area contributed by atoms with E-state index in [1.54, 1.807) is 6.07 Å². The van der Waals surface area contributed by atoms with Crippen molar-refractivity contribution in [2.75, 3.05) is 19.6 Å². The average molecular weight is 626 g/mol. The maximum absolute atomic E-state index is 13.9. The third kappa shape index (κ3) is 8.93. The average Bonchev–Trinajstić information content (AvgIpc) is 3.22. The predicted octanol–water partition coefficient (Wildman–Crippen LogP) is 6.50. The number of fused-ring (bicyclic) bond motifs is 1. The zero-order chi connectivity index (χ0) is 31.6. The number of carbonyl (C=O) groups excluding carboxylic acids is 3. The summed E-state index contributed by atoms with van der Waals surface area (Å²) >= 11 is 6.11. The molecule has 1 aliphatic heterocycles. The highest BCUT2D eigenvalue weighted by atomic mass is 35.5. The van der Waals surface area contributed by atoms with Crippen molar-refractivity contribution >= 4 is 40.2 Å². The Bertz CT molecular complexity index is 1600. The SMILES string of the molecule is CC[C@H](CN1CC[C@@H](CNC(=O)c2ccc3cc(Cl)ccc3c2)N[C@@H](CCC(=O)OCc2ccccc2)C1=O)c1ccccc1. The summed E-state index contributed by atoms with van der Waals surface area (Å²) < 4.78 is 5.49. The van der Waals surface area contributed by atoms with Crippen LogP contribution in [0.1, 0.15) is 60.0 Å². The van der Waals surface area contributed by atoms with E-state index >= 15 is 0 Å². The van der Waals surface area contributed by atoms with Gasteiger partial charge in [0.25, 0.3) is 5.91 Å². The smallest absolute Gasteiger partial charge is 0.306 e. The lowest BCUT2D eigenvalue weighted by Gasteiger charge is -2.28. The largest absolute Gasteiger partial charge is 0.461 e. The first-order valence-electron chi connectivity index (χ1n) is 15.7. The minimum atomic E-state index is -0.572. The number of carbonyl (C=O) groups is 3. The second-order valence-corrected chi connectivity index (χ2v) is 12.0. The summed E-state index contributed by atoms with van der Waals surface area (Å²) in [5, 5.41) is 9.08.